The fourth-order valence-corrected chi connectivity index (χ4v) is 4.62. The lowest BCUT2D eigenvalue weighted by Gasteiger charge is -2.16. The van der Waals surface area contributed by atoms with E-state index in [0.717, 1.165) is 64.8 Å². The fourth-order valence-electron chi connectivity index (χ4n) is 4.33. The van der Waals surface area contributed by atoms with Crippen LogP contribution < -0.4 is 10.6 Å². The summed E-state index contributed by atoms with van der Waals surface area (Å²) in [7, 11) is 1.96. The summed E-state index contributed by atoms with van der Waals surface area (Å²) in [6.45, 7) is 2.98. The number of ketones is 1. The molecular formula is C29H28ClN3O. The van der Waals surface area contributed by atoms with E-state index < -0.39 is 0 Å². The maximum absolute atomic E-state index is 13.2. The molecule has 1 heterocycles. The molecule has 4 nitrogen and oxygen atoms in total. The number of anilines is 2. The van der Waals surface area contributed by atoms with Gasteiger partial charge in [0.15, 0.2) is 5.78 Å². The first-order valence-electron chi connectivity index (χ1n) is 11.8. The van der Waals surface area contributed by atoms with Crippen molar-refractivity contribution in [2.75, 3.05) is 18.9 Å². The summed E-state index contributed by atoms with van der Waals surface area (Å²) < 4.78 is 0. The number of benzene rings is 3. The van der Waals surface area contributed by atoms with E-state index in [4.69, 9.17) is 11.6 Å². The summed E-state index contributed by atoms with van der Waals surface area (Å²) in [6, 6.07) is 20.6. The van der Waals surface area contributed by atoms with Crippen molar-refractivity contribution in [1.82, 2.24) is 10.3 Å². The molecule has 4 aromatic rings. The lowest BCUT2D eigenvalue weighted by molar-refractivity contribution is 0.0968. The quantitative estimate of drug-likeness (QED) is 0.274. The Morgan fingerprint density at radius 2 is 1.82 bits per heavy atom. The van der Waals surface area contributed by atoms with E-state index in [1.165, 1.54) is 5.56 Å². The average Bonchev–Trinajstić information content (AvgIpc) is 3.68. The fraction of sp³-hybridized carbons (Fsp3) is 0.241. The summed E-state index contributed by atoms with van der Waals surface area (Å²) in [5.41, 5.74) is 7.76. The SMILES string of the molecule is CNCCc1ccc(Nc2c(C(=O)C3CC3)cnc3ccc(-c4cc(C)cc(Cl)c4)cc23)cc1. The predicted octanol–water partition coefficient (Wildman–Crippen LogP) is 6.96. The molecule has 1 saturated carbocycles. The molecule has 0 atom stereocenters. The first-order valence-corrected chi connectivity index (χ1v) is 12.1. The Bertz CT molecular complexity index is 1340. The zero-order valence-corrected chi connectivity index (χ0v) is 20.2. The van der Waals surface area contributed by atoms with Crippen LogP contribution in [0, 0.1) is 12.8 Å². The highest BCUT2D eigenvalue weighted by atomic mass is 35.5. The first kappa shape index (κ1) is 22.6. The van der Waals surface area contributed by atoms with Crippen molar-refractivity contribution in [3.63, 3.8) is 0 Å². The monoisotopic (exact) mass is 469 g/mol. The highest BCUT2D eigenvalue weighted by Gasteiger charge is 2.32. The van der Waals surface area contributed by atoms with Gasteiger partial charge in [-0.1, -0.05) is 35.9 Å². The summed E-state index contributed by atoms with van der Waals surface area (Å²) in [5.74, 6) is 0.286. The molecule has 0 amide bonds. The number of nitrogens with zero attached hydrogens (tertiary/aromatic N) is 1. The Labute approximate surface area is 205 Å². The standard InChI is InChI=1S/C29H28ClN3O/c1-18-13-22(15-23(30)14-18)21-7-10-27-25(16-21)28(26(17-32-27)29(34)20-5-6-20)33-24-8-3-19(4-9-24)11-12-31-2/h3-4,7-10,13-17,20,31H,5-6,11-12H2,1-2H3,(H,32,33). The van der Waals surface area contributed by atoms with Gasteiger partial charge in [0.25, 0.3) is 0 Å². The van der Waals surface area contributed by atoms with Crippen LogP contribution in [0.25, 0.3) is 22.0 Å². The Balaban J connectivity index is 1.60. The number of likely N-dealkylation sites (N-methyl/N-ethyl adjacent to an activating group) is 1. The molecule has 1 fully saturated rings. The number of Topliss-reactive ketones (excluding diaryl/α,β-unsaturated/α-hetero) is 1. The van der Waals surface area contributed by atoms with Gasteiger partial charge in [0.2, 0.25) is 0 Å². The third-order valence-electron chi connectivity index (χ3n) is 6.34. The van der Waals surface area contributed by atoms with E-state index in [0.29, 0.717) is 10.6 Å². The second-order valence-corrected chi connectivity index (χ2v) is 9.55. The minimum Gasteiger partial charge on any atom is -0.354 e. The Kier molecular flexibility index (Phi) is 6.36. The average molecular weight is 470 g/mol. The number of halogens is 1. The van der Waals surface area contributed by atoms with Crippen molar-refractivity contribution in [1.29, 1.82) is 0 Å². The van der Waals surface area contributed by atoms with Crippen LogP contribution in [0.3, 0.4) is 0 Å². The van der Waals surface area contributed by atoms with Crippen LogP contribution in [-0.2, 0) is 6.42 Å². The van der Waals surface area contributed by atoms with Crippen LogP contribution in [0.15, 0.2) is 66.9 Å². The van der Waals surface area contributed by atoms with Gasteiger partial charge >= 0.3 is 0 Å². The third-order valence-corrected chi connectivity index (χ3v) is 6.56. The van der Waals surface area contributed by atoms with E-state index in [-0.39, 0.29) is 11.7 Å². The zero-order valence-electron chi connectivity index (χ0n) is 19.5. The summed E-state index contributed by atoms with van der Waals surface area (Å²) in [5, 5.41) is 8.39. The molecule has 34 heavy (non-hydrogen) atoms. The minimum absolute atomic E-state index is 0.113. The Morgan fingerprint density at radius 1 is 1.03 bits per heavy atom. The number of rotatable bonds is 8. The van der Waals surface area contributed by atoms with E-state index in [1.54, 1.807) is 6.20 Å². The van der Waals surface area contributed by atoms with E-state index in [9.17, 15) is 4.79 Å². The van der Waals surface area contributed by atoms with Crippen LogP contribution in [0.4, 0.5) is 11.4 Å². The number of aryl methyl sites for hydroxylation is 1. The highest BCUT2D eigenvalue weighted by Crippen LogP contribution is 2.39. The third kappa shape index (κ3) is 4.84. The van der Waals surface area contributed by atoms with Crippen molar-refractivity contribution in [2.45, 2.75) is 26.2 Å². The molecule has 0 bridgehead atoms. The number of hydrogen-bond donors (Lipinski definition) is 2. The van der Waals surface area contributed by atoms with Gasteiger partial charge in [-0.2, -0.15) is 0 Å². The van der Waals surface area contributed by atoms with Crippen LogP contribution >= 0.6 is 11.6 Å². The molecule has 1 aliphatic carbocycles. The van der Waals surface area contributed by atoms with Crippen LogP contribution in [-0.4, -0.2) is 24.4 Å². The van der Waals surface area contributed by atoms with Gasteiger partial charge in [-0.15, -0.1) is 0 Å². The molecule has 3 aromatic carbocycles. The van der Waals surface area contributed by atoms with Crippen molar-refractivity contribution < 1.29 is 4.79 Å². The van der Waals surface area contributed by atoms with Crippen LogP contribution in [0.2, 0.25) is 5.02 Å². The molecular weight excluding hydrogens is 442 g/mol. The van der Waals surface area contributed by atoms with E-state index in [1.807, 2.05) is 32.2 Å². The zero-order chi connectivity index (χ0) is 23.7. The van der Waals surface area contributed by atoms with Gasteiger partial charge in [-0.3, -0.25) is 9.78 Å². The number of aromatic nitrogens is 1. The molecule has 0 spiro atoms. The Morgan fingerprint density at radius 3 is 2.53 bits per heavy atom. The number of nitrogens with one attached hydrogen (secondary N) is 2. The molecule has 2 N–H and O–H groups in total. The normalized spacial score (nSPS) is 13.3. The number of pyridine rings is 1. The van der Waals surface area contributed by atoms with Gasteiger partial charge in [-0.25, -0.2) is 0 Å². The molecule has 0 unspecified atom stereocenters. The highest BCUT2D eigenvalue weighted by molar-refractivity contribution is 6.31. The summed E-state index contributed by atoms with van der Waals surface area (Å²) in [6.07, 6.45) is 4.62. The second-order valence-electron chi connectivity index (χ2n) is 9.11. The molecule has 0 aliphatic heterocycles. The Hall–Kier alpha value is -3.21. The van der Waals surface area contributed by atoms with Crippen molar-refractivity contribution in [2.24, 2.45) is 5.92 Å². The van der Waals surface area contributed by atoms with E-state index in [2.05, 4.69) is 58.1 Å². The summed E-state index contributed by atoms with van der Waals surface area (Å²) >= 11 is 6.34. The molecule has 5 heteroatoms. The maximum Gasteiger partial charge on any atom is 0.169 e. The number of carbonyl (C=O) groups excluding carboxylic acids is 1. The first-order chi connectivity index (χ1) is 16.5. The van der Waals surface area contributed by atoms with Crippen LogP contribution in [0.5, 0.6) is 0 Å². The van der Waals surface area contributed by atoms with Crippen molar-refractivity contribution in [3.8, 4) is 11.1 Å². The molecule has 0 radical (unpaired) electrons. The van der Waals surface area contributed by atoms with Gasteiger partial charge < -0.3 is 10.6 Å². The molecule has 1 aromatic heterocycles. The van der Waals surface area contributed by atoms with Crippen LogP contribution in [0.1, 0.15) is 34.3 Å². The summed E-state index contributed by atoms with van der Waals surface area (Å²) in [4.78, 5) is 17.8. The minimum atomic E-state index is 0.113. The molecule has 5 rings (SSSR count). The van der Waals surface area contributed by atoms with Gasteiger partial charge in [0.05, 0.1) is 16.8 Å². The van der Waals surface area contributed by atoms with Gasteiger partial charge in [-0.05, 0) is 98.4 Å². The number of fused-ring (bicyclic) bond motifs is 1. The molecule has 172 valence electrons. The number of carbonyl (C=O) groups is 1. The smallest absolute Gasteiger partial charge is 0.169 e. The maximum atomic E-state index is 13.2. The largest absolute Gasteiger partial charge is 0.354 e. The second kappa shape index (κ2) is 9.57. The van der Waals surface area contributed by atoms with Crippen molar-refractivity contribution in [3.05, 3.63) is 88.6 Å². The van der Waals surface area contributed by atoms with Gasteiger partial charge in [0, 0.05) is 28.2 Å². The molecule has 0 saturated heterocycles. The lowest BCUT2D eigenvalue weighted by atomic mass is 9.98. The molecule has 1 aliphatic rings. The lowest BCUT2D eigenvalue weighted by Crippen LogP contribution is -2.10. The van der Waals surface area contributed by atoms with Gasteiger partial charge in [0.1, 0.15) is 0 Å². The van der Waals surface area contributed by atoms with E-state index >= 15 is 0 Å². The predicted molar refractivity (Wildman–Crippen MR) is 141 cm³/mol. The topological polar surface area (TPSA) is 54.0 Å². The number of hydrogen-bond acceptors (Lipinski definition) is 4. The van der Waals surface area contributed by atoms with Crippen molar-refractivity contribution >= 4 is 39.7 Å².